The van der Waals surface area contributed by atoms with E-state index in [0.717, 1.165) is 21.9 Å². The van der Waals surface area contributed by atoms with Crippen molar-refractivity contribution < 1.29 is 17.6 Å². The first-order chi connectivity index (χ1) is 12.2. The molecular weight excluding hydrogens is 354 g/mol. The Bertz CT molecular complexity index is 1020. The van der Waals surface area contributed by atoms with Crippen LogP contribution in [0.25, 0.3) is 5.69 Å². The minimum atomic E-state index is -4.89. The van der Waals surface area contributed by atoms with Gasteiger partial charge in [-0.3, -0.25) is 0 Å². The maximum absolute atomic E-state index is 13.4. The third-order valence-corrected chi connectivity index (χ3v) is 3.81. The molecule has 0 aliphatic heterocycles. The zero-order valence-electron chi connectivity index (χ0n) is 13.5. The van der Waals surface area contributed by atoms with Gasteiger partial charge >= 0.3 is 11.9 Å². The van der Waals surface area contributed by atoms with Crippen LogP contribution in [-0.4, -0.2) is 19.8 Å². The van der Waals surface area contributed by atoms with Crippen LogP contribution in [0.1, 0.15) is 16.7 Å². The number of anilines is 1. The number of alkyl halides is 3. The predicted molar refractivity (Wildman–Crippen MR) is 85.3 cm³/mol. The van der Waals surface area contributed by atoms with Crippen molar-refractivity contribution in [1.82, 2.24) is 19.8 Å². The van der Waals surface area contributed by atoms with Crippen LogP contribution in [0.5, 0.6) is 0 Å². The van der Waals surface area contributed by atoms with E-state index in [4.69, 9.17) is 5.73 Å². The molecular formula is C16H13F4N5O. The Hall–Kier alpha value is -3.17. The van der Waals surface area contributed by atoms with E-state index in [1.54, 1.807) is 25.1 Å². The maximum atomic E-state index is 13.4. The summed E-state index contributed by atoms with van der Waals surface area (Å²) in [5.74, 6) is -1.43. The molecule has 0 saturated carbocycles. The van der Waals surface area contributed by atoms with E-state index < -0.39 is 23.2 Å². The summed E-state index contributed by atoms with van der Waals surface area (Å²) in [5, 5.41) is 7.24. The van der Waals surface area contributed by atoms with Crippen molar-refractivity contribution >= 4 is 5.69 Å². The zero-order chi connectivity index (χ0) is 19.1. The monoisotopic (exact) mass is 367 g/mol. The van der Waals surface area contributed by atoms with E-state index in [1.807, 2.05) is 0 Å². The van der Waals surface area contributed by atoms with Gasteiger partial charge in [0, 0.05) is 5.69 Å². The zero-order valence-corrected chi connectivity index (χ0v) is 13.5. The Labute approximate surface area is 144 Å². The molecule has 2 aromatic carbocycles. The summed E-state index contributed by atoms with van der Waals surface area (Å²) in [7, 11) is 0. The smallest absolute Gasteiger partial charge is 0.399 e. The minimum Gasteiger partial charge on any atom is -0.399 e. The Balaban J connectivity index is 1.97. The third kappa shape index (κ3) is 3.30. The first-order valence-electron chi connectivity index (χ1n) is 7.42. The van der Waals surface area contributed by atoms with Crippen molar-refractivity contribution in [2.45, 2.75) is 19.6 Å². The Kier molecular flexibility index (Phi) is 4.26. The molecule has 0 unspecified atom stereocenters. The van der Waals surface area contributed by atoms with E-state index in [1.165, 1.54) is 0 Å². The summed E-state index contributed by atoms with van der Waals surface area (Å²) in [4.78, 5) is 12.4. The predicted octanol–water partition coefficient (Wildman–Crippen LogP) is 2.53. The minimum absolute atomic E-state index is 0.0628. The van der Waals surface area contributed by atoms with Crippen molar-refractivity contribution in [2.24, 2.45) is 0 Å². The molecule has 0 bridgehead atoms. The summed E-state index contributed by atoms with van der Waals surface area (Å²) in [5.41, 5.74) is 5.40. The van der Waals surface area contributed by atoms with Crippen LogP contribution in [-0.2, 0) is 12.7 Å². The number of nitrogens with two attached hydrogens (primary N) is 1. The fraction of sp³-hybridized carbons (Fsp3) is 0.188. The number of aryl methyl sites for hydroxylation is 1. The van der Waals surface area contributed by atoms with Gasteiger partial charge in [-0.25, -0.2) is 9.18 Å². The standard InChI is InChI=1S/C16H13F4N5O/c1-9-6-10(2-5-14(9)21)8-24-15(26)25(23-22-24)11-3-4-13(17)12(7-11)16(18,19)20/h2-7H,8,21H2,1H3. The van der Waals surface area contributed by atoms with Gasteiger partial charge in [0.25, 0.3) is 0 Å². The van der Waals surface area contributed by atoms with Gasteiger partial charge in [0.15, 0.2) is 0 Å². The Morgan fingerprint density at radius 2 is 1.85 bits per heavy atom. The maximum Gasteiger partial charge on any atom is 0.419 e. The summed E-state index contributed by atoms with van der Waals surface area (Å²) in [6.45, 7) is 1.86. The lowest BCUT2D eigenvalue weighted by Gasteiger charge is -2.09. The lowest BCUT2D eigenvalue weighted by atomic mass is 10.1. The highest BCUT2D eigenvalue weighted by Gasteiger charge is 2.34. The molecule has 0 aliphatic carbocycles. The number of hydrogen-bond acceptors (Lipinski definition) is 4. The number of rotatable bonds is 3. The highest BCUT2D eigenvalue weighted by Crippen LogP contribution is 2.32. The van der Waals surface area contributed by atoms with Crippen molar-refractivity contribution in [2.75, 3.05) is 5.73 Å². The SMILES string of the molecule is Cc1cc(Cn2nnn(-c3ccc(F)c(C(F)(F)F)c3)c2=O)ccc1N. The summed E-state index contributed by atoms with van der Waals surface area (Å²) < 4.78 is 53.5. The largest absolute Gasteiger partial charge is 0.419 e. The van der Waals surface area contributed by atoms with E-state index in [9.17, 15) is 22.4 Å². The molecule has 0 saturated heterocycles. The molecule has 3 rings (SSSR count). The fourth-order valence-corrected chi connectivity index (χ4v) is 2.41. The van der Waals surface area contributed by atoms with Gasteiger partial charge in [-0.15, -0.1) is 0 Å². The number of nitrogens with zero attached hydrogens (tertiary/aromatic N) is 4. The summed E-state index contributed by atoms with van der Waals surface area (Å²) in [6, 6.07) is 7.32. The van der Waals surface area contributed by atoms with Gasteiger partial charge in [0.1, 0.15) is 5.82 Å². The molecule has 0 radical (unpaired) electrons. The van der Waals surface area contributed by atoms with Crippen LogP contribution in [0.15, 0.2) is 41.2 Å². The van der Waals surface area contributed by atoms with Gasteiger partial charge in [-0.05, 0) is 52.7 Å². The fourth-order valence-electron chi connectivity index (χ4n) is 2.41. The lowest BCUT2D eigenvalue weighted by Crippen LogP contribution is -2.25. The molecule has 6 nitrogen and oxygen atoms in total. The van der Waals surface area contributed by atoms with Gasteiger partial charge in [-0.2, -0.15) is 22.5 Å². The number of hydrogen-bond donors (Lipinski definition) is 1. The van der Waals surface area contributed by atoms with Crippen LogP contribution >= 0.6 is 0 Å². The normalized spacial score (nSPS) is 11.7. The van der Waals surface area contributed by atoms with Gasteiger partial charge < -0.3 is 5.73 Å². The third-order valence-electron chi connectivity index (χ3n) is 3.81. The molecule has 0 aliphatic rings. The molecule has 0 atom stereocenters. The molecule has 1 heterocycles. The molecule has 0 spiro atoms. The molecule has 1 aromatic heterocycles. The molecule has 10 heteroatoms. The van der Waals surface area contributed by atoms with Crippen molar-refractivity contribution in [1.29, 1.82) is 0 Å². The molecule has 2 N–H and O–H groups in total. The quantitative estimate of drug-likeness (QED) is 0.570. The first-order valence-corrected chi connectivity index (χ1v) is 7.42. The average molecular weight is 367 g/mol. The van der Waals surface area contributed by atoms with Crippen molar-refractivity contribution in [3.05, 3.63) is 69.4 Å². The number of halogens is 4. The van der Waals surface area contributed by atoms with E-state index in [2.05, 4.69) is 10.4 Å². The Morgan fingerprint density at radius 3 is 2.50 bits per heavy atom. The second kappa shape index (κ2) is 6.28. The van der Waals surface area contributed by atoms with E-state index in [0.29, 0.717) is 22.5 Å². The van der Waals surface area contributed by atoms with Crippen molar-refractivity contribution in [3.63, 3.8) is 0 Å². The molecule has 0 fully saturated rings. The van der Waals surface area contributed by atoms with Gasteiger partial charge in [-0.1, -0.05) is 12.1 Å². The summed E-state index contributed by atoms with van der Waals surface area (Å²) in [6.07, 6.45) is -4.89. The molecule has 3 aromatic rings. The number of aromatic nitrogens is 4. The second-order valence-corrected chi connectivity index (χ2v) is 5.68. The average Bonchev–Trinajstić information content (AvgIpc) is 2.91. The van der Waals surface area contributed by atoms with E-state index >= 15 is 0 Å². The van der Waals surface area contributed by atoms with Crippen LogP contribution in [0.2, 0.25) is 0 Å². The van der Waals surface area contributed by atoms with E-state index in [-0.39, 0.29) is 12.2 Å². The highest BCUT2D eigenvalue weighted by atomic mass is 19.4. The number of nitrogen functional groups attached to an aromatic ring is 1. The second-order valence-electron chi connectivity index (χ2n) is 5.68. The van der Waals surface area contributed by atoms with Crippen LogP contribution in [0.4, 0.5) is 23.2 Å². The highest BCUT2D eigenvalue weighted by molar-refractivity contribution is 5.47. The van der Waals surface area contributed by atoms with Gasteiger partial charge in [0.2, 0.25) is 0 Å². The first kappa shape index (κ1) is 17.6. The topological polar surface area (TPSA) is 78.7 Å². The van der Waals surface area contributed by atoms with Crippen molar-refractivity contribution in [3.8, 4) is 5.69 Å². The lowest BCUT2D eigenvalue weighted by molar-refractivity contribution is -0.140. The van der Waals surface area contributed by atoms with Crippen LogP contribution in [0.3, 0.4) is 0 Å². The van der Waals surface area contributed by atoms with Gasteiger partial charge in [0.05, 0.1) is 17.8 Å². The van der Waals surface area contributed by atoms with Crippen LogP contribution < -0.4 is 11.4 Å². The molecule has 0 amide bonds. The molecule has 136 valence electrons. The Morgan fingerprint density at radius 1 is 1.12 bits per heavy atom. The number of benzene rings is 2. The van der Waals surface area contributed by atoms with Crippen LogP contribution in [0, 0.1) is 12.7 Å². The number of tetrazole rings is 1. The molecule has 26 heavy (non-hydrogen) atoms. The summed E-state index contributed by atoms with van der Waals surface area (Å²) >= 11 is 0.